The molecule has 0 aliphatic carbocycles. The molecule has 2 rings (SSSR count). The van der Waals surface area contributed by atoms with E-state index >= 15 is 0 Å². The minimum Gasteiger partial charge on any atom is -0.399 e. The minimum atomic E-state index is -4.35. The Morgan fingerprint density at radius 3 is 2.35 bits per heavy atom. The summed E-state index contributed by atoms with van der Waals surface area (Å²) in [4.78, 5) is 2.09. The summed E-state index contributed by atoms with van der Waals surface area (Å²) in [6.45, 7) is 6.43. The van der Waals surface area contributed by atoms with Crippen molar-refractivity contribution in [3.8, 4) is 0 Å². The van der Waals surface area contributed by atoms with Crippen molar-refractivity contribution in [1.29, 1.82) is 0 Å². The van der Waals surface area contributed by atoms with Crippen LogP contribution in [0, 0.1) is 5.41 Å². The highest BCUT2D eigenvalue weighted by Crippen LogP contribution is 2.35. The number of piperidine rings is 1. The summed E-state index contributed by atoms with van der Waals surface area (Å²) >= 11 is 0. The zero-order valence-corrected chi connectivity index (χ0v) is 11.9. The van der Waals surface area contributed by atoms with Crippen LogP contribution in [0.25, 0.3) is 0 Å². The number of nitrogens with two attached hydrogens (primary N) is 1. The fourth-order valence-corrected chi connectivity index (χ4v) is 2.55. The van der Waals surface area contributed by atoms with Crippen molar-refractivity contribution < 1.29 is 13.2 Å². The third kappa shape index (κ3) is 3.66. The average Bonchev–Trinajstić information content (AvgIpc) is 2.33. The van der Waals surface area contributed by atoms with Gasteiger partial charge in [0.25, 0.3) is 0 Å². The van der Waals surface area contributed by atoms with Gasteiger partial charge in [-0.2, -0.15) is 13.2 Å². The van der Waals surface area contributed by atoms with E-state index in [9.17, 15) is 13.2 Å². The molecule has 20 heavy (non-hydrogen) atoms. The molecule has 1 aromatic rings. The Labute approximate surface area is 117 Å². The number of halogens is 3. The largest absolute Gasteiger partial charge is 0.416 e. The van der Waals surface area contributed by atoms with Gasteiger partial charge in [-0.15, -0.1) is 0 Å². The molecule has 0 atom stereocenters. The van der Waals surface area contributed by atoms with E-state index in [2.05, 4.69) is 18.7 Å². The first kappa shape index (κ1) is 15.2. The fraction of sp³-hybridized carbons (Fsp3) is 0.600. The SMILES string of the molecule is CC1(C)CCN(Cc2ccc(N)cc2C(F)(F)F)CC1. The van der Waals surface area contributed by atoms with E-state index < -0.39 is 11.7 Å². The number of nitrogens with zero attached hydrogens (tertiary/aromatic N) is 1. The van der Waals surface area contributed by atoms with Crippen molar-refractivity contribution in [2.24, 2.45) is 5.41 Å². The fourth-order valence-electron chi connectivity index (χ4n) is 2.55. The van der Waals surface area contributed by atoms with Crippen molar-refractivity contribution >= 4 is 5.69 Å². The highest BCUT2D eigenvalue weighted by molar-refractivity contribution is 5.46. The Morgan fingerprint density at radius 2 is 1.80 bits per heavy atom. The second kappa shape index (κ2) is 5.28. The molecular weight excluding hydrogens is 265 g/mol. The predicted molar refractivity (Wildman–Crippen MR) is 74.1 cm³/mol. The maximum Gasteiger partial charge on any atom is 0.416 e. The first-order valence-electron chi connectivity index (χ1n) is 6.85. The van der Waals surface area contributed by atoms with Crippen molar-refractivity contribution in [1.82, 2.24) is 4.90 Å². The summed E-state index contributed by atoms with van der Waals surface area (Å²) in [6, 6.07) is 4.07. The molecule has 5 heteroatoms. The molecule has 112 valence electrons. The van der Waals surface area contributed by atoms with Gasteiger partial charge in [0.15, 0.2) is 0 Å². The molecule has 1 aliphatic heterocycles. The van der Waals surface area contributed by atoms with Crippen LogP contribution in [0.15, 0.2) is 18.2 Å². The van der Waals surface area contributed by atoms with Gasteiger partial charge in [0, 0.05) is 12.2 Å². The molecule has 0 radical (unpaired) electrons. The Balaban J connectivity index is 2.14. The van der Waals surface area contributed by atoms with Gasteiger partial charge in [0.1, 0.15) is 0 Å². The molecule has 1 aliphatic rings. The minimum absolute atomic E-state index is 0.154. The molecule has 1 saturated heterocycles. The lowest BCUT2D eigenvalue weighted by molar-refractivity contribution is -0.138. The molecule has 0 unspecified atom stereocenters. The van der Waals surface area contributed by atoms with Gasteiger partial charge in [-0.25, -0.2) is 0 Å². The molecule has 0 saturated carbocycles. The van der Waals surface area contributed by atoms with Gasteiger partial charge in [0.2, 0.25) is 0 Å². The monoisotopic (exact) mass is 286 g/mol. The van der Waals surface area contributed by atoms with E-state index in [-0.39, 0.29) is 5.69 Å². The summed E-state index contributed by atoms with van der Waals surface area (Å²) in [7, 11) is 0. The summed E-state index contributed by atoms with van der Waals surface area (Å²) in [5.41, 5.74) is 5.63. The van der Waals surface area contributed by atoms with Gasteiger partial charge in [-0.3, -0.25) is 4.90 Å². The second-order valence-corrected chi connectivity index (χ2v) is 6.35. The van der Waals surface area contributed by atoms with E-state index in [4.69, 9.17) is 5.73 Å². The van der Waals surface area contributed by atoms with Gasteiger partial charge in [-0.1, -0.05) is 19.9 Å². The first-order chi connectivity index (χ1) is 9.17. The Morgan fingerprint density at radius 1 is 1.20 bits per heavy atom. The maximum atomic E-state index is 13.0. The van der Waals surface area contributed by atoms with Crippen LogP contribution in [0.1, 0.15) is 37.8 Å². The van der Waals surface area contributed by atoms with Crippen LogP contribution in [0.2, 0.25) is 0 Å². The smallest absolute Gasteiger partial charge is 0.399 e. The number of nitrogen functional groups attached to an aromatic ring is 1. The number of hydrogen-bond donors (Lipinski definition) is 1. The molecule has 0 amide bonds. The van der Waals surface area contributed by atoms with Crippen LogP contribution in [-0.4, -0.2) is 18.0 Å². The average molecular weight is 286 g/mol. The molecular formula is C15H21F3N2. The molecule has 1 heterocycles. The molecule has 2 N–H and O–H groups in total. The number of hydrogen-bond acceptors (Lipinski definition) is 2. The number of alkyl halides is 3. The third-order valence-corrected chi connectivity index (χ3v) is 4.04. The zero-order valence-electron chi connectivity index (χ0n) is 11.9. The summed E-state index contributed by atoms with van der Waals surface area (Å²) in [5.74, 6) is 0. The van der Waals surface area contributed by atoms with Crippen molar-refractivity contribution in [3.63, 3.8) is 0 Å². The topological polar surface area (TPSA) is 29.3 Å². The quantitative estimate of drug-likeness (QED) is 0.835. The summed E-state index contributed by atoms with van der Waals surface area (Å²) in [6.07, 6.45) is -2.31. The van der Waals surface area contributed by atoms with E-state index in [1.165, 1.54) is 6.07 Å². The lowest BCUT2D eigenvalue weighted by Crippen LogP contribution is -2.37. The van der Waals surface area contributed by atoms with Crippen molar-refractivity contribution in [2.45, 2.75) is 39.4 Å². The second-order valence-electron chi connectivity index (χ2n) is 6.35. The van der Waals surface area contributed by atoms with E-state index in [1.54, 1.807) is 6.07 Å². The van der Waals surface area contributed by atoms with Crippen molar-refractivity contribution in [3.05, 3.63) is 29.3 Å². The van der Waals surface area contributed by atoms with E-state index in [0.717, 1.165) is 32.0 Å². The predicted octanol–water partition coefficient (Wildman–Crippen LogP) is 3.91. The standard InChI is InChI=1S/C15H21F3N2/c1-14(2)5-7-20(8-6-14)10-11-3-4-12(19)9-13(11)15(16,17)18/h3-4,9H,5-8,10,19H2,1-2H3. The lowest BCUT2D eigenvalue weighted by atomic mass is 9.82. The molecule has 2 nitrogen and oxygen atoms in total. The van der Waals surface area contributed by atoms with Gasteiger partial charge in [0.05, 0.1) is 5.56 Å². The van der Waals surface area contributed by atoms with Crippen LogP contribution >= 0.6 is 0 Å². The van der Waals surface area contributed by atoms with Crippen molar-refractivity contribution in [2.75, 3.05) is 18.8 Å². The van der Waals surface area contributed by atoms with Crippen LogP contribution in [0.4, 0.5) is 18.9 Å². The first-order valence-corrected chi connectivity index (χ1v) is 6.85. The number of likely N-dealkylation sites (tertiary alicyclic amines) is 1. The maximum absolute atomic E-state index is 13.0. The Bertz CT molecular complexity index is 470. The van der Waals surface area contributed by atoms with Crippen LogP contribution in [-0.2, 0) is 12.7 Å². The van der Waals surface area contributed by atoms with Crippen LogP contribution in [0.5, 0.6) is 0 Å². The molecule has 0 bridgehead atoms. The molecule has 1 fully saturated rings. The third-order valence-electron chi connectivity index (χ3n) is 4.04. The highest BCUT2D eigenvalue weighted by Gasteiger charge is 2.34. The molecule has 0 spiro atoms. The normalized spacial score (nSPS) is 20.1. The van der Waals surface area contributed by atoms with Crippen LogP contribution in [0.3, 0.4) is 0 Å². The summed E-state index contributed by atoms with van der Waals surface area (Å²) in [5, 5.41) is 0. The Kier molecular flexibility index (Phi) is 4.00. The number of benzene rings is 1. The lowest BCUT2D eigenvalue weighted by Gasteiger charge is -2.37. The molecule has 1 aromatic carbocycles. The van der Waals surface area contributed by atoms with Gasteiger partial charge < -0.3 is 5.73 Å². The molecule has 0 aromatic heterocycles. The highest BCUT2D eigenvalue weighted by atomic mass is 19.4. The zero-order chi connectivity index (χ0) is 15.0. The van der Waals surface area contributed by atoms with E-state index in [0.29, 0.717) is 17.5 Å². The summed E-state index contributed by atoms with van der Waals surface area (Å²) < 4.78 is 39.1. The van der Waals surface area contributed by atoms with Gasteiger partial charge >= 0.3 is 6.18 Å². The number of rotatable bonds is 2. The number of anilines is 1. The van der Waals surface area contributed by atoms with Gasteiger partial charge in [-0.05, 0) is 49.0 Å². The Hall–Kier alpha value is -1.23. The van der Waals surface area contributed by atoms with Crippen LogP contribution < -0.4 is 5.73 Å². The van der Waals surface area contributed by atoms with E-state index in [1.807, 2.05) is 0 Å².